The molecule has 4 nitrogen and oxygen atoms in total. The lowest BCUT2D eigenvalue weighted by Crippen LogP contribution is -2.52. The highest BCUT2D eigenvalue weighted by atomic mass is 32.1. The molecular weight excluding hydrogens is 246 g/mol. The van der Waals surface area contributed by atoms with Crippen LogP contribution in [0.1, 0.15) is 24.3 Å². The largest absolute Gasteiger partial charge is 0.343 e. The van der Waals surface area contributed by atoms with Crippen LogP contribution < -0.4 is 5.73 Å². The van der Waals surface area contributed by atoms with Crippen molar-refractivity contribution in [2.45, 2.75) is 25.4 Å². The van der Waals surface area contributed by atoms with Crippen LogP contribution in [0.2, 0.25) is 0 Å². The molecule has 100 valence electrons. The predicted molar refractivity (Wildman–Crippen MR) is 74.5 cm³/mol. The van der Waals surface area contributed by atoms with Crippen LogP contribution in [0.3, 0.4) is 0 Å². The van der Waals surface area contributed by atoms with Crippen LogP contribution in [0, 0.1) is 0 Å². The Bertz CT molecular complexity index is 393. The number of nitrogens with two attached hydrogens (primary N) is 1. The van der Waals surface area contributed by atoms with E-state index in [1.807, 2.05) is 13.1 Å². The first kappa shape index (κ1) is 13.5. The second kappa shape index (κ2) is 5.82. The summed E-state index contributed by atoms with van der Waals surface area (Å²) in [5.41, 5.74) is 6.26. The van der Waals surface area contributed by atoms with Crippen molar-refractivity contribution < 1.29 is 4.79 Å². The van der Waals surface area contributed by atoms with Crippen molar-refractivity contribution in [3.8, 4) is 0 Å². The average Bonchev–Trinajstić information content (AvgIpc) is 2.87. The number of piperazine rings is 1. The number of nitrogens with zero attached hydrogens (tertiary/aromatic N) is 2. The Balaban J connectivity index is 2.17. The van der Waals surface area contributed by atoms with Crippen molar-refractivity contribution in [1.29, 1.82) is 0 Å². The number of likely N-dealkylation sites (N-methyl/N-ethyl adjacent to an activating group) is 1. The molecule has 1 aliphatic heterocycles. The molecule has 1 amide bonds. The zero-order chi connectivity index (χ0) is 13.1. The molecule has 1 aromatic rings. The lowest BCUT2D eigenvalue weighted by molar-refractivity contribution is -0.135. The highest BCUT2D eigenvalue weighted by Gasteiger charge is 2.31. The Morgan fingerprint density at radius 2 is 2.28 bits per heavy atom. The van der Waals surface area contributed by atoms with Gasteiger partial charge in [0.05, 0.1) is 12.6 Å². The summed E-state index contributed by atoms with van der Waals surface area (Å²) in [6.07, 6.45) is 0.920. The van der Waals surface area contributed by atoms with Crippen LogP contribution in [-0.2, 0) is 4.79 Å². The van der Waals surface area contributed by atoms with E-state index in [9.17, 15) is 4.79 Å². The van der Waals surface area contributed by atoms with Gasteiger partial charge in [0.2, 0.25) is 5.91 Å². The monoisotopic (exact) mass is 267 g/mol. The molecular formula is C13H21N3OS. The van der Waals surface area contributed by atoms with Gasteiger partial charge in [-0.15, -0.1) is 11.3 Å². The number of amides is 1. The summed E-state index contributed by atoms with van der Waals surface area (Å²) < 4.78 is 0. The highest BCUT2D eigenvalue weighted by Crippen LogP contribution is 2.29. The van der Waals surface area contributed by atoms with Gasteiger partial charge >= 0.3 is 0 Å². The van der Waals surface area contributed by atoms with Crippen LogP contribution in [0.5, 0.6) is 0 Å². The van der Waals surface area contributed by atoms with Gasteiger partial charge in [0.25, 0.3) is 0 Å². The summed E-state index contributed by atoms with van der Waals surface area (Å²) in [5.74, 6) is 0.186. The Hall–Kier alpha value is -0.910. The van der Waals surface area contributed by atoms with Crippen molar-refractivity contribution >= 4 is 17.2 Å². The summed E-state index contributed by atoms with van der Waals surface area (Å²) in [5, 5.41) is 2.07. The average molecular weight is 267 g/mol. The van der Waals surface area contributed by atoms with E-state index in [1.54, 1.807) is 16.2 Å². The summed E-state index contributed by atoms with van der Waals surface area (Å²) in [6.45, 7) is 4.27. The van der Waals surface area contributed by atoms with E-state index in [0.29, 0.717) is 6.54 Å². The summed E-state index contributed by atoms with van der Waals surface area (Å²) in [4.78, 5) is 17.1. The number of hydrogen-bond donors (Lipinski definition) is 1. The molecule has 2 N–H and O–H groups in total. The molecule has 1 aromatic heterocycles. The molecule has 2 atom stereocenters. The van der Waals surface area contributed by atoms with E-state index in [4.69, 9.17) is 5.73 Å². The van der Waals surface area contributed by atoms with Crippen molar-refractivity contribution in [2.75, 3.05) is 26.7 Å². The van der Waals surface area contributed by atoms with Crippen LogP contribution >= 0.6 is 11.3 Å². The first-order chi connectivity index (χ1) is 8.63. The Kier molecular flexibility index (Phi) is 4.37. The van der Waals surface area contributed by atoms with Gasteiger partial charge in [0, 0.05) is 31.1 Å². The number of thiophene rings is 1. The normalized spacial score (nSPS) is 21.1. The molecule has 1 fully saturated rings. The Morgan fingerprint density at radius 3 is 2.83 bits per heavy atom. The van der Waals surface area contributed by atoms with Crippen LogP contribution in [0.15, 0.2) is 17.5 Å². The van der Waals surface area contributed by atoms with E-state index in [1.165, 1.54) is 4.88 Å². The minimum atomic E-state index is 0.0832. The Morgan fingerprint density at radius 1 is 1.50 bits per heavy atom. The van der Waals surface area contributed by atoms with Gasteiger partial charge in [-0.1, -0.05) is 13.0 Å². The summed E-state index contributed by atoms with van der Waals surface area (Å²) in [7, 11) is 1.86. The molecule has 0 spiro atoms. The van der Waals surface area contributed by atoms with Gasteiger partial charge in [-0.25, -0.2) is 0 Å². The Labute approximate surface area is 112 Å². The zero-order valence-corrected chi connectivity index (χ0v) is 11.8. The summed E-state index contributed by atoms with van der Waals surface area (Å²) >= 11 is 1.72. The second-order valence-corrected chi connectivity index (χ2v) is 5.80. The molecule has 0 bridgehead atoms. The van der Waals surface area contributed by atoms with E-state index in [0.717, 1.165) is 19.5 Å². The smallest absolute Gasteiger partial charge is 0.236 e. The maximum Gasteiger partial charge on any atom is 0.236 e. The van der Waals surface area contributed by atoms with Crippen molar-refractivity contribution in [1.82, 2.24) is 9.80 Å². The zero-order valence-electron chi connectivity index (χ0n) is 11.0. The van der Waals surface area contributed by atoms with E-state index < -0.39 is 0 Å². The first-order valence-corrected chi connectivity index (χ1v) is 7.28. The molecule has 2 unspecified atom stereocenters. The van der Waals surface area contributed by atoms with Crippen LogP contribution in [-0.4, -0.2) is 48.4 Å². The molecule has 0 aromatic carbocycles. The highest BCUT2D eigenvalue weighted by molar-refractivity contribution is 7.10. The standard InChI is InChI=1S/C13H21N3OS/c1-3-10(14)13(11-5-4-8-18-11)16-7-6-15(2)12(17)9-16/h4-5,8,10,13H,3,6-7,9,14H2,1-2H3. The molecule has 2 heterocycles. The first-order valence-electron chi connectivity index (χ1n) is 6.40. The third-order valence-corrected chi connectivity index (χ3v) is 4.53. The topological polar surface area (TPSA) is 49.6 Å². The van der Waals surface area contributed by atoms with Crippen LogP contribution in [0.25, 0.3) is 0 Å². The molecule has 5 heteroatoms. The van der Waals surface area contributed by atoms with E-state index in [-0.39, 0.29) is 18.0 Å². The van der Waals surface area contributed by atoms with Crippen molar-refractivity contribution in [3.05, 3.63) is 22.4 Å². The van der Waals surface area contributed by atoms with Gasteiger partial charge in [0.1, 0.15) is 0 Å². The minimum Gasteiger partial charge on any atom is -0.343 e. The van der Waals surface area contributed by atoms with Gasteiger partial charge < -0.3 is 10.6 Å². The maximum atomic E-state index is 11.8. The van der Waals surface area contributed by atoms with Gasteiger partial charge in [-0.3, -0.25) is 9.69 Å². The molecule has 0 aliphatic carbocycles. The lowest BCUT2D eigenvalue weighted by Gasteiger charge is -2.39. The van der Waals surface area contributed by atoms with Crippen molar-refractivity contribution in [2.24, 2.45) is 5.73 Å². The van der Waals surface area contributed by atoms with E-state index in [2.05, 4.69) is 23.3 Å². The minimum absolute atomic E-state index is 0.0832. The van der Waals surface area contributed by atoms with Gasteiger partial charge in [-0.2, -0.15) is 0 Å². The second-order valence-electron chi connectivity index (χ2n) is 4.82. The number of rotatable bonds is 4. The molecule has 1 aliphatic rings. The van der Waals surface area contributed by atoms with Gasteiger partial charge in [0.15, 0.2) is 0 Å². The van der Waals surface area contributed by atoms with Gasteiger partial charge in [-0.05, 0) is 17.9 Å². The number of hydrogen-bond acceptors (Lipinski definition) is 4. The fourth-order valence-corrected chi connectivity index (χ4v) is 3.29. The third kappa shape index (κ3) is 2.74. The fourth-order valence-electron chi connectivity index (χ4n) is 2.36. The molecule has 0 radical (unpaired) electrons. The van der Waals surface area contributed by atoms with E-state index >= 15 is 0 Å². The molecule has 2 rings (SSSR count). The predicted octanol–water partition coefficient (Wildman–Crippen LogP) is 1.30. The SMILES string of the molecule is CCC(N)C(c1cccs1)N1CCN(C)C(=O)C1. The van der Waals surface area contributed by atoms with Crippen molar-refractivity contribution in [3.63, 3.8) is 0 Å². The summed E-state index contributed by atoms with van der Waals surface area (Å²) in [6, 6.07) is 4.42. The molecule has 1 saturated heterocycles. The maximum absolute atomic E-state index is 11.8. The third-order valence-electron chi connectivity index (χ3n) is 3.59. The molecule has 0 saturated carbocycles. The molecule has 18 heavy (non-hydrogen) atoms. The number of carbonyl (C=O) groups excluding carboxylic acids is 1. The number of carbonyl (C=O) groups is 1. The lowest BCUT2D eigenvalue weighted by atomic mass is 10.0. The fraction of sp³-hybridized carbons (Fsp3) is 0.615. The van der Waals surface area contributed by atoms with Crippen LogP contribution in [0.4, 0.5) is 0 Å². The quantitative estimate of drug-likeness (QED) is 0.894.